The van der Waals surface area contributed by atoms with Crippen LogP contribution >= 0.6 is 0 Å². The maximum Gasteiger partial charge on any atom is 0.169 e. The van der Waals surface area contributed by atoms with Gasteiger partial charge in [0.2, 0.25) is 0 Å². The molecule has 13 heavy (non-hydrogen) atoms. The molecule has 0 amide bonds. The van der Waals surface area contributed by atoms with E-state index in [1.54, 1.807) is 0 Å². The highest BCUT2D eigenvalue weighted by atomic mass is 16.5. The van der Waals surface area contributed by atoms with Crippen LogP contribution in [0.3, 0.4) is 0 Å². The summed E-state index contributed by atoms with van der Waals surface area (Å²) < 4.78 is 5.50. The largest absolute Gasteiger partial charge is 0.355 e. The van der Waals surface area contributed by atoms with Crippen molar-refractivity contribution < 1.29 is 4.74 Å². The first kappa shape index (κ1) is 8.28. The van der Waals surface area contributed by atoms with Gasteiger partial charge in [0, 0.05) is 0 Å². The molecular formula is C11H11NO. The summed E-state index contributed by atoms with van der Waals surface area (Å²) in [4.78, 5) is 0. The second-order valence-corrected chi connectivity index (χ2v) is 3.36. The normalized spacial score (nSPS) is 26.2. The van der Waals surface area contributed by atoms with E-state index < -0.39 is 0 Å². The van der Waals surface area contributed by atoms with Crippen LogP contribution in [0, 0.1) is 11.3 Å². The topological polar surface area (TPSA) is 33.0 Å². The zero-order chi connectivity index (χ0) is 9.26. The van der Waals surface area contributed by atoms with Gasteiger partial charge in [0.05, 0.1) is 12.2 Å². The van der Waals surface area contributed by atoms with E-state index in [-0.39, 0.29) is 12.2 Å². The van der Waals surface area contributed by atoms with Crippen molar-refractivity contribution in [1.29, 1.82) is 5.26 Å². The van der Waals surface area contributed by atoms with Gasteiger partial charge >= 0.3 is 0 Å². The van der Waals surface area contributed by atoms with E-state index >= 15 is 0 Å². The highest BCUT2D eigenvalue weighted by Gasteiger charge is 2.23. The molecule has 2 rings (SSSR count). The number of hydrogen-bond donors (Lipinski definition) is 0. The van der Waals surface area contributed by atoms with E-state index in [9.17, 15) is 0 Å². The summed E-state index contributed by atoms with van der Waals surface area (Å²) in [6.45, 7) is 2.00. The predicted octanol–water partition coefficient (Wildman–Crippen LogP) is 2.21. The third-order valence-corrected chi connectivity index (χ3v) is 2.33. The van der Waals surface area contributed by atoms with Gasteiger partial charge in [-0.15, -0.1) is 0 Å². The lowest BCUT2D eigenvalue weighted by Crippen LogP contribution is -2.22. The summed E-state index contributed by atoms with van der Waals surface area (Å²) in [7, 11) is 0. The molecule has 2 nitrogen and oxygen atoms in total. The van der Waals surface area contributed by atoms with Gasteiger partial charge in [-0.1, -0.05) is 24.3 Å². The molecule has 2 atom stereocenters. The average Bonchev–Trinajstić information content (AvgIpc) is 2.16. The van der Waals surface area contributed by atoms with Crippen molar-refractivity contribution >= 4 is 0 Å². The monoisotopic (exact) mass is 173 g/mol. The lowest BCUT2D eigenvalue weighted by Gasteiger charge is -2.26. The molecule has 0 aliphatic carbocycles. The molecule has 0 saturated heterocycles. The zero-order valence-electron chi connectivity index (χ0n) is 7.53. The van der Waals surface area contributed by atoms with E-state index in [0.717, 1.165) is 12.0 Å². The lowest BCUT2D eigenvalue weighted by atomic mass is 9.95. The van der Waals surface area contributed by atoms with Crippen LogP contribution in [0.5, 0.6) is 0 Å². The molecule has 0 radical (unpaired) electrons. The molecule has 2 heteroatoms. The zero-order valence-corrected chi connectivity index (χ0v) is 7.53. The molecule has 1 aliphatic heterocycles. The van der Waals surface area contributed by atoms with Crippen molar-refractivity contribution in [3.05, 3.63) is 35.4 Å². The Balaban J connectivity index is 2.44. The second-order valence-electron chi connectivity index (χ2n) is 3.36. The van der Waals surface area contributed by atoms with Gasteiger partial charge in [-0.2, -0.15) is 5.26 Å². The quantitative estimate of drug-likeness (QED) is 0.602. The van der Waals surface area contributed by atoms with Gasteiger partial charge < -0.3 is 4.74 Å². The summed E-state index contributed by atoms with van der Waals surface area (Å²) in [6, 6.07) is 10.2. The molecule has 66 valence electrons. The smallest absolute Gasteiger partial charge is 0.169 e. The predicted molar refractivity (Wildman–Crippen MR) is 49.0 cm³/mol. The number of ether oxygens (including phenoxy) is 1. The number of hydrogen-bond acceptors (Lipinski definition) is 2. The first-order valence-electron chi connectivity index (χ1n) is 4.44. The molecule has 0 aromatic heterocycles. The van der Waals surface area contributed by atoms with E-state index in [1.165, 1.54) is 5.56 Å². The fraction of sp³-hybridized carbons (Fsp3) is 0.364. The van der Waals surface area contributed by atoms with Crippen LogP contribution in [0.4, 0.5) is 0 Å². The Hall–Kier alpha value is -1.33. The minimum atomic E-state index is -0.375. The third-order valence-electron chi connectivity index (χ3n) is 2.33. The Morgan fingerprint density at radius 3 is 3.00 bits per heavy atom. The molecular weight excluding hydrogens is 162 g/mol. The van der Waals surface area contributed by atoms with Gasteiger partial charge in [-0.05, 0) is 24.5 Å². The van der Waals surface area contributed by atoms with E-state index in [4.69, 9.17) is 10.00 Å². The molecule has 0 fully saturated rings. The van der Waals surface area contributed by atoms with Crippen LogP contribution < -0.4 is 0 Å². The number of nitrogens with zero attached hydrogens (tertiary/aromatic N) is 1. The Morgan fingerprint density at radius 2 is 2.23 bits per heavy atom. The van der Waals surface area contributed by atoms with E-state index in [0.29, 0.717) is 0 Å². The Labute approximate surface area is 77.8 Å². The number of rotatable bonds is 0. The fourth-order valence-corrected chi connectivity index (χ4v) is 1.74. The Bertz CT molecular complexity index is 353. The number of nitriles is 1. The van der Waals surface area contributed by atoms with Crippen LogP contribution in [-0.4, -0.2) is 6.10 Å². The highest BCUT2D eigenvalue weighted by molar-refractivity contribution is 5.34. The molecule has 1 aromatic rings. The van der Waals surface area contributed by atoms with Crippen LogP contribution in [0.1, 0.15) is 24.2 Å². The maximum absolute atomic E-state index is 8.88. The van der Waals surface area contributed by atoms with Crippen LogP contribution in [-0.2, 0) is 11.2 Å². The molecule has 0 unspecified atom stereocenters. The van der Waals surface area contributed by atoms with Crippen molar-refractivity contribution in [2.24, 2.45) is 0 Å². The first-order chi connectivity index (χ1) is 6.31. The van der Waals surface area contributed by atoms with Gasteiger partial charge in [-0.3, -0.25) is 0 Å². The Morgan fingerprint density at radius 1 is 1.46 bits per heavy atom. The van der Waals surface area contributed by atoms with Crippen molar-refractivity contribution in [2.45, 2.75) is 25.6 Å². The molecule has 1 aromatic carbocycles. The van der Waals surface area contributed by atoms with Crippen LogP contribution in [0.25, 0.3) is 0 Å². The highest BCUT2D eigenvalue weighted by Crippen LogP contribution is 2.29. The second kappa shape index (κ2) is 3.20. The molecule has 0 N–H and O–H groups in total. The van der Waals surface area contributed by atoms with Crippen LogP contribution in [0.2, 0.25) is 0 Å². The fourth-order valence-electron chi connectivity index (χ4n) is 1.74. The SMILES string of the molecule is C[C@H]1Cc2ccccc2[C@@H](C#N)O1. The average molecular weight is 173 g/mol. The standard InChI is InChI=1S/C11H11NO/c1-8-6-9-4-2-3-5-10(9)11(7-12)13-8/h2-5,8,11H,6H2,1H3/t8-,11+/m0/s1. The summed E-state index contributed by atoms with van der Waals surface area (Å²) in [6.07, 6.45) is 0.688. The van der Waals surface area contributed by atoms with Crippen LogP contribution in [0.15, 0.2) is 24.3 Å². The van der Waals surface area contributed by atoms with Gasteiger partial charge in [0.1, 0.15) is 0 Å². The first-order valence-corrected chi connectivity index (χ1v) is 4.44. The molecule has 0 spiro atoms. The molecule has 0 bridgehead atoms. The third kappa shape index (κ3) is 1.43. The summed E-state index contributed by atoms with van der Waals surface area (Å²) in [5, 5.41) is 8.88. The Kier molecular flexibility index (Phi) is 2.03. The molecule has 1 heterocycles. The van der Waals surface area contributed by atoms with Crippen molar-refractivity contribution in [2.75, 3.05) is 0 Å². The minimum Gasteiger partial charge on any atom is -0.355 e. The number of fused-ring (bicyclic) bond motifs is 1. The maximum atomic E-state index is 8.88. The summed E-state index contributed by atoms with van der Waals surface area (Å²) in [5.74, 6) is 0. The lowest BCUT2D eigenvalue weighted by molar-refractivity contribution is 0.0156. The minimum absolute atomic E-state index is 0.152. The van der Waals surface area contributed by atoms with Gasteiger partial charge in [0.15, 0.2) is 6.10 Å². The van der Waals surface area contributed by atoms with Gasteiger partial charge in [-0.25, -0.2) is 0 Å². The van der Waals surface area contributed by atoms with Gasteiger partial charge in [0.25, 0.3) is 0 Å². The molecule has 0 saturated carbocycles. The number of benzene rings is 1. The summed E-state index contributed by atoms with van der Waals surface area (Å²) in [5.41, 5.74) is 2.27. The molecule has 1 aliphatic rings. The summed E-state index contributed by atoms with van der Waals surface area (Å²) >= 11 is 0. The van der Waals surface area contributed by atoms with Crippen molar-refractivity contribution in [1.82, 2.24) is 0 Å². The van der Waals surface area contributed by atoms with Crippen molar-refractivity contribution in [3.8, 4) is 6.07 Å². The van der Waals surface area contributed by atoms with E-state index in [1.807, 2.05) is 25.1 Å². The van der Waals surface area contributed by atoms with E-state index in [2.05, 4.69) is 12.1 Å². The van der Waals surface area contributed by atoms with Crippen molar-refractivity contribution in [3.63, 3.8) is 0 Å².